The number of fused-ring (bicyclic) bond motifs is 1. The van der Waals surface area contributed by atoms with Crippen LogP contribution in [0.15, 0.2) is 6.20 Å². The Hall–Kier alpha value is -1.86. The molecule has 25 heavy (non-hydrogen) atoms. The molecule has 2 N–H and O–H groups in total. The molecule has 0 saturated heterocycles. The fraction of sp³-hybridized carbons (Fsp3) is 0.667. The fourth-order valence-electron chi connectivity index (χ4n) is 3.63. The monoisotopic (exact) mass is 341 g/mol. The summed E-state index contributed by atoms with van der Waals surface area (Å²) in [5, 5.41) is 8.83. The van der Waals surface area contributed by atoms with Gasteiger partial charge >= 0.3 is 0 Å². The van der Waals surface area contributed by atoms with Crippen LogP contribution in [-0.2, 0) is 32.1 Å². The Kier molecular flexibility index (Phi) is 3.88. The van der Waals surface area contributed by atoms with Gasteiger partial charge in [-0.25, -0.2) is 9.97 Å². The minimum absolute atomic E-state index is 0.0232. The molecule has 2 aromatic heterocycles. The second kappa shape index (κ2) is 5.85. The van der Waals surface area contributed by atoms with Crippen LogP contribution in [0.25, 0.3) is 0 Å². The van der Waals surface area contributed by atoms with Crippen molar-refractivity contribution in [3.8, 4) is 0 Å². The molecule has 2 aromatic rings. The lowest BCUT2D eigenvalue weighted by atomic mass is 9.80. The van der Waals surface area contributed by atoms with Crippen molar-refractivity contribution >= 4 is 0 Å². The Morgan fingerprint density at radius 3 is 2.64 bits per heavy atom. The van der Waals surface area contributed by atoms with Gasteiger partial charge in [0.25, 0.3) is 0 Å². The largest absolute Gasteiger partial charge is 0.328 e. The van der Waals surface area contributed by atoms with Gasteiger partial charge in [-0.3, -0.25) is 4.90 Å². The molecule has 2 aliphatic rings. The first kappa shape index (κ1) is 16.6. The molecule has 0 atom stereocenters. The van der Waals surface area contributed by atoms with Crippen LogP contribution in [0.4, 0.5) is 0 Å². The van der Waals surface area contributed by atoms with Crippen LogP contribution in [-0.4, -0.2) is 35.7 Å². The van der Waals surface area contributed by atoms with E-state index in [0.717, 1.165) is 55.6 Å². The first-order valence-corrected chi connectivity index (χ1v) is 9.02. The summed E-state index contributed by atoms with van der Waals surface area (Å²) in [6, 6.07) is 0.328. The van der Waals surface area contributed by atoms with E-state index in [4.69, 9.17) is 10.7 Å². The van der Waals surface area contributed by atoms with Gasteiger partial charge in [-0.1, -0.05) is 20.8 Å². The van der Waals surface area contributed by atoms with E-state index in [9.17, 15) is 0 Å². The molecule has 1 saturated carbocycles. The molecule has 0 aromatic carbocycles. The topological polar surface area (TPSA) is 85.8 Å². The predicted octanol–water partition coefficient (Wildman–Crippen LogP) is 1.62. The molecule has 1 aliphatic heterocycles. The number of nitrogens with two attached hydrogens (primary N) is 1. The summed E-state index contributed by atoms with van der Waals surface area (Å²) in [6.45, 7) is 8.94. The maximum absolute atomic E-state index is 5.91. The normalized spacial score (nSPS) is 23.6. The molecule has 7 nitrogen and oxygen atoms in total. The third kappa shape index (κ3) is 3.06. The van der Waals surface area contributed by atoms with Gasteiger partial charge in [-0.15, -0.1) is 10.2 Å². The van der Waals surface area contributed by atoms with Crippen molar-refractivity contribution in [1.82, 2.24) is 29.6 Å². The van der Waals surface area contributed by atoms with Gasteiger partial charge in [0.2, 0.25) is 0 Å². The molecule has 0 amide bonds. The van der Waals surface area contributed by atoms with E-state index in [-0.39, 0.29) is 5.41 Å². The summed E-state index contributed by atoms with van der Waals surface area (Å²) in [6.07, 6.45) is 4.03. The lowest BCUT2D eigenvalue weighted by Crippen LogP contribution is -2.36. The minimum Gasteiger partial charge on any atom is -0.328 e. The van der Waals surface area contributed by atoms with Gasteiger partial charge in [0.1, 0.15) is 17.5 Å². The van der Waals surface area contributed by atoms with Gasteiger partial charge in [-0.2, -0.15) is 0 Å². The van der Waals surface area contributed by atoms with Crippen molar-refractivity contribution in [2.45, 2.75) is 70.6 Å². The van der Waals surface area contributed by atoms with Gasteiger partial charge in [0.05, 0.1) is 12.2 Å². The highest BCUT2D eigenvalue weighted by molar-refractivity contribution is 5.23. The standard InChI is InChI=1S/C18H27N7/c1-18(2,3)17-20-7-12-8-25(9-14(12)21-17)10-15-22-23-16(24(15)4)11-5-13(19)6-11/h7,11,13H,5-6,8-10,19H2,1-4H3. The van der Waals surface area contributed by atoms with Crippen molar-refractivity contribution in [3.05, 3.63) is 34.9 Å². The third-order valence-electron chi connectivity index (χ3n) is 5.30. The molecular weight excluding hydrogens is 314 g/mol. The van der Waals surface area contributed by atoms with Gasteiger partial charge < -0.3 is 10.3 Å². The summed E-state index contributed by atoms with van der Waals surface area (Å²) < 4.78 is 2.14. The van der Waals surface area contributed by atoms with E-state index in [1.807, 2.05) is 6.20 Å². The second-order valence-electron chi connectivity index (χ2n) is 8.52. The average molecular weight is 341 g/mol. The fourth-order valence-corrected chi connectivity index (χ4v) is 3.63. The van der Waals surface area contributed by atoms with Crippen LogP contribution in [0.5, 0.6) is 0 Å². The molecule has 134 valence electrons. The Balaban J connectivity index is 1.46. The van der Waals surface area contributed by atoms with Crippen molar-refractivity contribution < 1.29 is 0 Å². The summed E-state index contributed by atoms with van der Waals surface area (Å²) in [4.78, 5) is 11.7. The first-order chi connectivity index (χ1) is 11.8. The van der Waals surface area contributed by atoms with E-state index in [1.165, 1.54) is 5.56 Å². The Labute approximate surface area is 148 Å². The number of nitrogens with zero attached hydrogens (tertiary/aromatic N) is 6. The minimum atomic E-state index is -0.0232. The van der Waals surface area contributed by atoms with Crippen LogP contribution in [0.1, 0.15) is 68.3 Å². The molecule has 1 aliphatic carbocycles. The van der Waals surface area contributed by atoms with Crippen LogP contribution in [0, 0.1) is 0 Å². The van der Waals surface area contributed by atoms with Gasteiger partial charge in [-0.05, 0) is 12.8 Å². The molecule has 7 heteroatoms. The molecule has 0 spiro atoms. The van der Waals surface area contributed by atoms with E-state index in [0.29, 0.717) is 12.0 Å². The Morgan fingerprint density at radius 2 is 1.96 bits per heavy atom. The summed E-state index contributed by atoms with van der Waals surface area (Å²) in [5.74, 6) is 3.46. The zero-order valence-electron chi connectivity index (χ0n) is 15.5. The van der Waals surface area contributed by atoms with Crippen molar-refractivity contribution in [1.29, 1.82) is 0 Å². The zero-order chi connectivity index (χ0) is 17.8. The molecule has 0 bridgehead atoms. The van der Waals surface area contributed by atoms with E-state index in [1.54, 1.807) is 0 Å². The predicted molar refractivity (Wildman–Crippen MR) is 94.6 cm³/mol. The highest BCUT2D eigenvalue weighted by atomic mass is 15.3. The zero-order valence-corrected chi connectivity index (χ0v) is 15.5. The average Bonchev–Trinajstić information content (AvgIpc) is 3.07. The van der Waals surface area contributed by atoms with Crippen LogP contribution in [0.2, 0.25) is 0 Å². The van der Waals surface area contributed by atoms with Crippen molar-refractivity contribution in [2.75, 3.05) is 0 Å². The smallest absolute Gasteiger partial charge is 0.146 e. The van der Waals surface area contributed by atoms with Gasteiger partial charge in [0, 0.05) is 49.3 Å². The molecule has 0 unspecified atom stereocenters. The quantitative estimate of drug-likeness (QED) is 0.913. The lowest BCUT2D eigenvalue weighted by Gasteiger charge is -2.31. The molecule has 4 rings (SSSR count). The highest BCUT2D eigenvalue weighted by Crippen LogP contribution is 2.34. The number of hydrogen-bond acceptors (Lipinski definition) is 6. The molecule has 1 fully saturated rings. The maximum Gasteiger partial charge on any atom is 0.146 e. The van der Waals surface area contributed by atoms with Crippen LogP contribution >= 0.6 is 0 Å². The summed E-state index contributed by atoms with van der Waals surface area (Å²) in [5.41, 5.74) is 8.25. The second-order valence-corrected chi connectivity index (χ2v) is 8.52. The Bertz CT molecular complexity index is 783. The summed E-state index contributed by atoms with van der Waals surface area (Å²) in [7, 11) is 2.06. The van der Waals surface area contributed by atoms with Gasteiger partial charge in [0.15, 0.2) is 0 Å². The van der Waals surface area contributed by atoms with Crippen LogP contribution < -0.4 is 5.73 Å². The SMILES string of the molecule is Cn1c(CN2Cc3cnc(C(C)(C)C)nc3C2)nnc1C1CC(N)C1. The summed E-state index contributed by atoms with van der Waals surface area (Å²) >= 11 is 0. The molecule has 0 radical (unpaired) electrons. The van der Waals surface area contributed by atoms with E-state index in [2.05, 4.69) is 52.5 Å². The number of hydrogen-bond donors (Lipinski definition) is 1. The van der Waals surface area contributed by atoms with Crippen molar-refractivity contribution in [3.63, 3.8) is 0 Å². The van der Waals surface area contributed by atoms with E-state index < -0.39 is 0 Å². The number of rotatable bonds is 3. The van der Waals surface area contributed by atoms with E-state index >= 15 is 0 Å². The third-order valence-corrected chi connectivity index (χ3v) is 5.30. The highest BCUT2D eigenvalue weighted by Gasteiger charge is 2.32. The molecular formula is C18H27N7. The lowest BCUT2D eigenvalue weighted by molar-refractivity contribution is 0.262. The van der Waals surface area contributed by atoms with Crippen molar-refractivity contribution in [2.24, 2.45) is 12.8 Å². The first-order valence-electron chi connectivity index (χ1n) is 9.02. The maximum atomic E-state index is 5.91. The number of aromatic nitrogens is 5. The van der Waals surface area contributed by atoms with Crippen LogP contribution in [0.3, 0.4) is 0 Å². The molecule has 3 heterocycles. The Morgan fingerprint density at radius 1 is 1.20 bits per heavy atom.